The van der Waals surface area contributed by atoms with E-state index in [0.717, 1.165) is 22.6 Å². The molecule has 0 aliphatic carbocycles. The van der Waals surface area contributed by atoms with Crippen LogP contribution in [0.4, 0.5) is 8.78 Å². The van der Waals surface area contributed by atoms with Crippen LogP contribution in [0.15, 0.2) is 54.7 Å². The summed E-state index contributed by atoms with van der Waals surface area (Å²) >= 11 is 1.43. The van der Waals surface area contributed by atoms with Crippen LogP contribution in [0.25, 0.3) is 26.7 Å². The maximum absolute atomic E-state index is 13.5. The summed E-state index contributed by atoms with van der Waals surface area (Å²) in [7, 11) is 0. The van der Waals surface area contributed by atoms with Gasteiger partial charge in [-0.15, -0.1) is 0 Å². The van der Waals surface area contributed by atoms with Gasteiger partial charge in [0.2, 0.25) is 0 Å². The molecule has 2 aromatic carbocycles. The highest BCUT2D eigenvalue weighted by Crippen LogP contribution is 2.32. The van der Waals surface area contributed by atoms with Crippen molar-refractivity contribution in [3.8, 4) is 21.7 Å². The predicted molar refractivity (Wildman–Crippen MR) is 89.2 cm³/mol. The lowest BCUT2D eigenvalue weighted by Crippen LogP contribution is -1.92. The lowest BCUT2D eigenvalue weighted by atomic mass is 10.1. The number of benzene rings is 2. The normalized spacial score (nSPS) is 11.1. The van der Waals surface area contributed by atoms with Gasteiger partial charge >= 0.3 is 0 Å². The van der Waals surface area contributed by atoms with E-state index >= 15 is 0 Å². The van der Waals surface area contributed by atoms with Crippen LogP contribution in [0.5, 0.6) is 0 Å². The summed E-state index contributed by atoms with van der Waals surface area (Å²) in [6.45, 7) is 0. The Kier molecular flexibility index (Phi) is 3.46. The molecule has 2 heterocycles. The second-order valence-corrected chi connectivity index (χ2v) is 6.22. The Hall–Kier alpha value is -2.86. The number of halogens is 2. The highest BCUT2D eigenvalue weighted by Gasteiger charge is 2.17. The molecular weight excluding hydrogens is 330 g/mol. The van der Waals surface area contributed by atoms with Gasteiger partial charge in [0.1, 0.15) is 11.4 Å². The number of rotatable bonds is 3. The van der Waals surface area contributed by atoms with Gasteiger partial charge in [0.15, 0.2) is 22.9 Å². The van der Waals surface area contributed by atoms with Crippen molar-refractivity contribution in [3.63, 3.8) is 0 Å². The molecule has 0 spiro atoms. The second kappa shape index (κ2) is 5.65. The van der Waals surface area contributed by atoms with Crippen LogP contribution in [-0.2, 0) is 0 Å². The van der Waals surface area contributed by atoms with Crippen LogP contribution in [0.2, 0.25) is 0 Å². The van der Waals surface area contributed by atoms with E-state index in [2.05, 4.69) is 4.98 Å². The van der Waals surface area contributed by atoms with Crippen molar-refractivity contribution in [2.75, 3.05) is 0 Å². The first kappa shape index (κ1) is 14.7. The Morgan fingerprint density at radius 3 is 2.50 bits per heavy atom. The Morgan fingerprint density at radius 1 is 1.00 bits per heavy atom. The van der Waals surface area contributed by atoms with E-state index in [-0.39, 0.29) is 0 Å². The number of imidazole rings is 1. The number of fused-ring (bicyclic) bond motifs is 1. The minimum Gasteiger partial charge on any atom is -0.296 e. The van der Waals surface area contributed by atoms with E-state index in [1.165, 1.54) is 17.4 Å². The van der Waals surface area contributed by atoms with Crippen molar-refractivity contribution < 1.29 is 13.6 Å². The number of hydrogen-bond donors (Lipinski definition) is 0. The molecule has 0 aliphatic rings. The Morgan fingerprint density at radius 2 is 1.79 bits per heavy atom. The molecule has 4 aromatic rings. The molecule has 0 N–H and O–H groups in total. The van der Waals surface area contributed by atoms with Crippen molar-refractivity contribution in [2.45, 2.75) is 0 Å². The number of aldehydes is 1. The summed E-state index contributed by atoms with van der Waals surface area (Å²) in [6.07, 6.45) is 2.51. The molecule has 4 rings (SSSR count). The van der Waals surface area contributed by atoms with Crippen LogP contribution >= 0.6 is 11.3 Å². The highest BCUT2D eigenvalue weighted by atomic mass is 32.1. The SMILES string of the molecule is O=Cc1c(-c2ccc(F)c(F)c2)nc2sc(-c3ccccc3)cn12. The number of aromatic nitrogens is 2. The first-order valence-corrected chi connectivity index (χ1v) is 7.97. The maximum Gasteiger partial charge on any atom is 0.195 e. The molecule has 24 heavy (non-hydrogen) atoms. The summed E-state index contributed by atoms with van der Waals surface area (Å²) in [5.41, 5.74) is 2.05. The van der Waals surface area contributed by atoms with Gasteiger partial charge in [0, 0.05) is 11.8 Å². The van der Waals surface area contributed by atoms with Crippen molar-refractivity contribution in [2.24, 2.45) is 0 Å². The predicted octanol–water partition coefficient (Wildman–Crippen LogP) is 4.82. The fraction of sp³-hybridized carbons (Fsp3) is 0. The number of carbonyl (C=O) groups excluding carboxylic acids is 1. The summed E-state index contributed by atoms with van der Waals surface area (Å²) in [4.78, 5) is 17.6. The minimum atomic E-state index is -0.967. The van der Waals surface area contributed by atoms with Gasteiger partial charge in [0.25, 0.3) is 0 Å². The minimum absolute atomic E-state index is 0.314. The topological polar surface area (TPSA) is 34.4 Å². The molecule has 118 valence electrons. The van der Waals surface area contributed by atoms with E-state index in [1.54, 1.807) is 4.40 Å². The first-order valence-electron chi connectivity index (χ1n) is 7.15. The maximum atomic E-state index is 13.5. The number of thiazole rings is 1. The smallest absolute Gasteiger partial charge is 0.195 e. The first-order chi connectivity index (χ1) is 11.7. The van der Waals surface area contributed by atoms with Gasteiger partial charge in [-0.2, -0.15) is 0 Å². The Bertz CT molecular complexity index is 1050. The van der Waals surface area contributed by atoms with Crippen molar-refractivity contribution >= 4 is 22.6 Å². The molecule has 3 nitrogen and oxygen atoms in total. The molecule has 6 heteroatoms. The van der Waals surface area contributed by atoms with Gasteiger partial charge in [-0.25, -0.2) is 13.8 Å². The standard InChI is InChI=1S/C18H10F2N2OS/c19-13-7-6-12(8-14(13)20)17-15(10-23)22-9-16(24-18(22)21-17)11-4-2-1-3-5-11/h1-10H. The van der Waals surface area contributed by atoms with Gasteiger partial charge in [-0.05, 0) is 23.8 Å². The number of hydrogen-bond acceptors (Lipinski definition) is 3. The average Bonchev–Trinajstić information content (AvgIpc) is 3.15. The molecular formula is C18H10F2N2OS. The quantitative estimate of drug-likeness (QED) is 0.501. The zero-order valence-corrected chi connectivity index (χ0v) is 13.1. The average molecular weight is 340 g/mol. The molecule has 0 fully saturated rings. The summed E-state index contributed by atoms with van der Waals surface area (Å²) < 4.78 is 28.3. The van der Waals surface area contributed by atoms with E-state index in [1.807, 2.05) is 36.5 Å². The largest absolute Gasteiger partial charge is 0.296 e. The van der Waals surface area contributed by atoms with E-state index in [9.17, 15) is 13.6 Å². The van der Waals surface area contributed by atoms with Gasteiger partial charge in [0.05, 0.1) is 4.88 Å². The summed E-state index contributed by atoms with van der Waals surface area (Å²) in [5.74, 6) is -1.90. The molecule has 2 aromatic heterocycles. The van der Waals surface area contributed by atoms with E-state index in [4.69, 9.17) is 0 Å². The third kappa shape index (κ3) is 2.32. The fourth-order valence-corrected chi connectivity index (χ4v) is 3.56. The lowest BCUT2D eigenvalue weighted by Gasteiger charge is -2.00. The molecule has 0 unspecified atom stereocenters. The van der Waals surface area contributed by atoms with Crippen molar-refractivity contribution in [1.82, 2.24) is 9.38 Å². The van der Waals surface area contributed by atoms with E-state index < -0.39 is 11.6 Å². The summed E-state index contributed by atoms with van der Waals surface area (Å²) in [6, 6.07) is 13.2. The fourth-order valence-electron chi connectivity index (χ4n) is 2.57. The van der Waals surface area contributed by atoms with Crippen molar-refractivity contribution in [1.29, 1.82) is 0 Å². The molecule has 0 atom stereocenters. The van der Waals surface area contributed by atoms with Gasteiger partial charge in [-0.3, -0.25) is 9.20 Å². The van der Waals surface area contributed by atoms with Crippen LogP contribution in [0, 0.1) is 11.6 Å². The van der Waals surface area contributed by atoms with Gasteiger partial charge < -0.3 is 0 Å². The number of nitrogens with zero attached hydrogens (tertiary/aromatic N) is 2. The van der Waals surface area contributed by atoms with E-state index in [0.29, 0.717) is 28.2 Å². The van der Waals surface area contributed by atoms with Crippen LogP contribution in [-0.4, -0.2) is 15.7 Å². The molecule has 0 saturated carbocycles. The summed E-state index contributed by atoms with van der Waals surface area (Å²) in [5, 5.41) is 0. The van der Waals surface area contributed by atoms with Crippen LogP contribution < -0.4 is 0 Å². The zero-order valence-electron chi connectivity index (χ0n) is 12.2. The monoisotopic (exact) mass is 340 g/mol. The molecule has 0 saturated heterocycles. The van der Waals surface area contributed by atoms with Gasteiger partial charge in [-0.1, -0.05) is 41.7 Å². The van der Waals surface area contributed by atoms with Crippen LogP contribution in [0.3, 0.4) is 0 Å². The highest BCUT2D eigenvalue weighted by molar-refractivity contribution is 7.20. The Labute approximate surface area is 139 Å². The van der Waals surface area contributed by atoms with Crippen LogP contribution in [0.1, 0.15) is 10.5 Å². The third-order valence-corrected chi connectivity index (χ3v) is 4.76. The molecule has 0 radical (unpaired) electrons. The molecule has 0 amide bonds. The molecule has 0 aliphatic heterocycles. The third-order valence-electron chi connectivity index (χ3n) is 3.73. The molecule has 0 bridgehead atoms. The zero-order chi connectivity index (χ0) is 16.7. The number of carbonyl (C=O) groups is 1. The Balaban J connectivity index is 1.88. The van der Waals surface area contributed by atoms with Crippen molar-refractivity contribution in [3.05, 3.63) is 72.1 Å². The second-order valence-electron chi connectivity index (χ2n) is 5.21. The lowest BCUT2D eigenvalue weighted by molar-refractivity contribution is 0.111.